The van der Waals surface area contributed by atoms with Gasteiger partial charge in [-0.05, 0) is 6.92 Å². The molecule has 0 spiro atoms. The molecule has 0 amide bonds. The summed E-state index contributed by atoms with van der Waals surface area (Å²) < 4.78 is 26.9. The van der Waals surface area contributed by atoms with Gasteiger partial charge in [-0.15, -0.1) is 0 Å². The number of aliphatic hydroxyl groups is 2. The first-order chi connectivity index (χ1) is 12.6. The molecule has 2 rings (SSSR count). The first-order valence-electron chi connectivity index (χ1n) is 7.72. The number of aliphatic hydroxyl groups excluding tert-OH is 2. The Morgan fingerprint density at radius 1 is 1.37 bits per heavy atom. The molecule has 1 aliphatic rings. The number of hydrogen-bond donors (Lipinski definition) is 5. The lowest BCUT2D eigenvalue weighted by molar-refractivity contribution is -0.155. The maximum absolute atomic E-state index is 11.8. The molecule has 1 aromatic heterocycles. The summed E-state index contributed by atoms with van der Waals surface area (Å²) in [7, 11) is -5.03. The number of nitrogens with zero attached hydrogens (tertiary/aromatic N) is 1. The van der Waals surface area contributed by atoms with Crippen LogP contribution in [0.3, 0.4) is 0 Å². The standard InChI is InChI=1S/C13H19N2O11P/c1-2-24-11(19)12(27(21,22)23)25-5-6-8(17)9(18)10(26-6)15-4-3-7(16)14-13(15)20/h3-4,6,8-10,12,17-18H,2,5H2,1H3,(H,14,16,20)(H2,21,22,23). The molecule has 0 radical (unpaired) electrons. The zero-order valence-electron chi connectivity index (χ0n) is 14.0. The van der Waals surface area contributed by atoms with Crippen LogP contribution < -0.4 is 11.2 Å². The molecular formula is C13H19N2O11P. The van der Waals surface area contributed by atoms with E-state index in [4.69, 9.17) is 9.47 Å². The van der Waals surface area contributed by atoms with Crippen molar-refractivity contribution in [3.05, 3.63) is 33.1 Å². The average molecular weight is 410 g/mol. The second-order valence-corrected chi connectivity index (χ2v) is 7.24. The van der Waals surface area contributed by atoms with Crippen molar-refractivity contribution in [2.45, 2.75) is 37.3 Å². The van der Waals surface area contributed by atoms with E-state index in [0.717, 1.165) is 16.8 Å². The molecule has 0 aliphatic carbocycles. The van der Waals surface area contributed by atoms with Crippen LogP contribution in [0.1, 0.15) is 13.2 Å². The van der Waals surface area contributed by atoms with Crippen LogP contribution in [0.4, 0.5) is 0 Å². The molecule has 5 atom stereocenters. The Morgan fingerprint density at radius 2 is 2.04 bits per heavy atom. The molecule has 1 saturated heterocycles. The lowest BCUT2D eigenvalue weighted by Crippen LogP contribution is -2.38. The first-order valence-corrected chi connectivity index (χ1v) is 9.41. The highest BCUT2D eigenvalue weighted by Crippen LogP contribution is 2.43. The molecule has 1 aromatic rings. The van der Waals surface area contributed by atoms with Gasteiger partial charge in [0.15, 0.2) is 6.23 Å². The largest absolute Gasteiger partial charge is 0.464 e. The molecule has 2 heterocycles. The van der Waals surface area contributed by atoms with Crippen molar-refractivity contribution in [1.29, 1.82) is 0 Å². The number of aromatic amines is 1. The van der Waals surface area contributed by atoms with Crippen LogP contribution in [0, 0.1) is 0 Å². The van der Waals surface area contributed by atoms with Gasteiger partial charge in [0, 0.05) is 12.3 Å². The van der Waals surface area contributed by atoms with Gasteiger partial charge in [-0.3, -0.25) is 18.9 Å². The summed E-state index contributed by atoms with van der Waals surface area (Å²) in [6.07, 6.45) is -4.89. The Labute approximate surface area is 151 Å². The quantitative estimate of drug-likeness (QED) is 0.230. The van der Waals surface area contributed by atoms with Crippen molar-refractivity contribution in [1.82, 2.24) is 9.55 Å². The summed E-state index contributed by atoms with van der Waals surface area (Å²) in [4.78, 5) is 54.9. The van der Waals surface area contributed by atoms with E-state index < -0.39 is 61.8 Å². The van der Waals surface area contributed by atoms with Crippen LogP contribution in [-0.4, -0.2) is 72.9 Å². The number of hydrogen-bond acceptors (Lipinski definition) is 9. The van der Waals surface area contributed by atoms with Gasteiger partial charge in [-0.1, -0.05) is 0 Å². The smallest absolute Gasteiger partial charge is 0.365 e. The number of nitrogens with one attached hydrogen (secondary N) is 1. The van der Waals surface area contributed by atoms with Crippen molar-refractivity contribution in [3.8, 4) is 0 Å². The second-order valence-electron chi connectivity index (χ2n) is 5.59. The Morgan fingerprint density at radius 3 is 2.59 bits per heavy atom. The zero-order valence-corrected chi connectivity index (χ0v) is 14.9. The molecule has 1 aliphatic heterocycles. The molecule has 0 bridgehead atoms. The van der Waals surface area contributed by atoms with Crippen LogP contribution in [-0.2, 0) is 23.6 Å². The van der Waals surface area contributed by atoms with E-state index in [9.17, 15) is 38.9 Å². The van der Waals surface area contributed by atoms with Gasteiger partial charge in [-0.25, -0.2) is 9.59 Å². The number of aromatic nitrogens is 2. The Kier molecular flexibility index (Phi) is 6.70. The molecule has 13 nitrogen and oxygen atoms in total. The minimum Gasteiger partial charge on any atom is -0.464 e. The summed E-state index contributed by atoms with van der Waals surface area (Å²) in [5.41, 5.74) is -1.58. The minimum absolute atomic E-state index is 0.142. The van der Waals surface area contributed by atoms with Crippen LogP contribution in [0.2, 0.25) is 0 Å². The maximum Gasteiger partial charge on any atom is 0.365 e. The fourth-order valence-corrected chi connectivity index (χ4v) is 3.06. The van der Waals surface area contributed by atoms with E-state index in [1.807, 2.05) is 4.98 Å². The maximum atomic E-state index is 11.8. The van der Waals surface area contributed by atoms with Crippen molar-refractivity contribution < 1.29 is 43.6 Å². The molecule has 0 aromatic carbocycles. The third-order valence-electron chi connectivity index (χ3n) is 3.67. The fourth-order valence-electron chi connectivity index (χ4n) is 2.43. The van der Waals surface area contributed by atoms with Gasteiger partial charge in [0.05, 0.1) is 13.2 Å². The summed E-state index contributed by atoms with van der Waals surface area (Å²) in [5, 5.41) is 20.1. The Bertz CT molecular complexity index is 830. The van der Waals surface area contributed by atoms with Gasteiger partial charge >= 0.3 is 19.3 Å². The third-order valence-corrected chi connectivity index (χ3v) is 4.65. The molecular weight excluding hydrogens is 391 g/mol. The number of H-pyrrole nitrogens is 1. The van der Waals surface area contributed by atoms with Gasteiger partial charge in [0.25, 0.3) is 11.4 Å². The number of carbonyl (C=O) groups excluding carboxylic acids is 1. The van der Waals surface area contributed by atoms with Crippen LogP contribution >= 0.6 is 7.60 Å². The van der Waals surface area contributed by atoms with Crippen molar-refractivity contribution in [2.75, 3.05) is 13.2 Å². The fraction of sp³-hybridized carbons (Fsp3) is 0.615. The minimum atomic E-state index is -5.03. The van der Waals surface area contributed by atoms with Gasteiger partial charge < -0.3 is 34.2 Å². The first kappa shape index (κ1) is 21.4. The average Bonchev–Trinajstić information content (AvgIpc) is 2.82. The van der Waals surface area contributed by atoms with E-state index >= 15 is 0 Å². The molecule has 27 heavy (non-hydrogen) atoms. The summed E-state index contributed by atoms with van der Waals surface area (Å²) in [5.74, 6) is -3.53. The highest BCUT2D eigenvalue weighted by Gasteiger charge is 2.46. The van der Waals surface area contributed by atoms with Crippen LogP contribution in [0.25, 0.3) is 0 Å². The number of carbonyl (C=O) groups is 1. The molecule has 14 heteroatoms. The summed E-state index contributed by atoms with van der Waals surface area (Å²) in [6.45, 7) is 0.597. The number of ether oxygens (including phenoxy) is 3. The van der Waals surface area contributed by atoms with Crippen molar-refractivity contribution in [2.24, 2.45) is 0 Å². The predicted octanol–water partition coefficient (Wildman–Crippen LogP) is -2.76. The van der Waals surface area contributed by atoms with E-state index in [0.29, 0.717) is 0 Å². The molecule has 5 N–H and O–H groups in total. The van der Waals surface area contributed by atoms with Crippen molar-refractivity contribution in [3.63, 3.8) is 0 Å². The summed E-state index contributed by atoms with van der Waals surface area (Å²) >= 11 is 0. The second kappa shape index (κ2) is 8.44. The van der Waals surface area contributed by atoms with Crippen molar-refractivity contribution >= 4 is 13.6 Å². The molecule has 5 unspecified atom stereocenters. The van der Waals surface area contributed by atoms with Crippen LogP contribution in [0.5, 0.6) is 0 Å². The predicted molar refractivity (Wildman–Crippen MR) is 85.7 cm³/mol. The monoisotopic (exact) mass is 410 g/mol. The third kappa shape index (κ3) is 4.90. The summed E-state index contributed by atoms with van der Waals surface area (Å²) in [6, 6.07) is 0.998. The normalized spacial score (nSPS) is 26.7. The van der Waals surface area contributed by atoms with E-state index in [1.54, 1.807) is 0 Å². The topological polar surface area (TPSA) is 198 Å². The lowest BCUT2D eigenvalue weighted by atomic mass is 10.1. The Balaban J connectivity index is 2.13. The number of esters is 1. The zero-order chi connectivity index (χ0) is 20.4. The molecule has 0 saturated carbocycles. The molecule has 152 valence electrons. The van der Waals surface area contributed by atoms with E-state index in [-0.39, 0.29) is 6.61 Å². The van der Waals surface area contributed by atoms with Crippen LogP contribution in [0.15, 0.2) is 21.9 Å². The van der Waals surface area contributed by atoms with Gasteiger partial charge in [0.2, 0.25) is 0 Å². The number of rotatable bonds is 7. The van der Waals surface area contributed by atoms with E-state index in [2.05, 4.69) is 4.74 Å². The SMILES string of the molecule is CCOC(=O)C(OCC1OC(n2ccc(=O)[nH]c2=O)C(O)C1O)P(=O)(O)O. The van der Waals surface area contributed by atoms with Gasteiger partial charge in [-0.2, -0.15) is 0 Å². The lowest BCUT2D eigenvalue weighted by Gasteiger charge is -2.20. The highest BCUT2D eigenvalue weighted by atomic mass is 31.2. The van der Waals surface area contributed by atoms with E-state index in [1.165, 1.54) is 6.92 Å². The van der Waals surface area contributed by atoms with Gasteiger partial charge in [0.1, 0.15) is 18.3 Å². The highest BCUT2D eigenvalue weighted by molar-refractivity contribution is 7.53. The molecule has 1 fully saturated rings. The Hall–Kier alpha value is -1.86.